The molecule has 1 heterocycles. The number of ether oxygens (including phenoxy) is 1. The molecule has 3 heteroatoms. The van der Waals surface area contributed by atoms with E-state index in [-0.39, 0.29) is 5.56 Å². The van der Waals surface area contributed by atoms with Crippen molar-refractivity contribution in [2.75, 3.05) is 6.61 Å². The smallest absolute Gasteiger partial charge is 0.129 e. The molecular formula is C16H15FO2. The van der Waals surface area contributed by atoms with Gasteiger partial charge < -0.3 is 9.84 Å². The molecule has 2 nitrogen and oxygen atoms in total. The number of aryl methyl sites for hydroxylation is 1. The average molecular weight is 258 g/mol. The van der Waals surface area contributed by atoms with Crippen molar-refractivity contribution in [3.05, 3.63) is 65.0 Å². The summed E-state index contributed by atoms with van der Waals surface area (Å²) in [7, 11) is 0. The van der Waals surface area contributed by atoms with Crippen molar-refractivity contribution in [1.29, 1.82) is 0 Å². The van der Waals surface area contributed by atoms with Crippen LogP contribution < -0.4 is 4.74 Å². The molecule has 0 fully saturated rings. The van der Waals surface area contributed by atoms with Gasteiger partial charge in [0.2, 0.25) is 0 Å². The molecule has 0 saturated heterocycles. The Morgan fingerprint density at radius 2 is 1.84 bits per heavy atom. The van der Waals surface area contributed by atoms with Crippen LogP contribution in [-0.4, -0.2) is 11.7 Å². The monoisotopic (exact) mass is 258 g/mol. The highest BCUT2D eigenvalue weighted by Gasteiger charge is 2.22. The zero-order valence-electron chi connectivity index (χ0n) is 10.5. The van der Waals surface area contributed by atoms with E-state index in [0.717, 1.165) is 18.4 Å². The third kappa shape index (κ3) is 2.22. The lowest BCUT2D eigenvalue weighted by atomic mass is 9.95. The number of para-hydroxylation sites is 1. The van der Waals surface area contributed by atoms with E-state index in [4.69, 9.17) is 4.74 Å². The normalized spacial score (nSPS) is 15.5. The SMILES string of the molecule is OC(c1ccccc1F)c1cccc2c1OCCC2. The first-order valence-electron chi connectivity index (χ1n) is 6.44. The Hall–Kier alpha value is -1.87. The van der Waals surface area contributed by atoms with Gasteiger partial charge in [-0.1, -0.05) is 36.4 Å². The van der Waals surface area contributed by atoms with Crippen molar-refractivity contribution in [3.8, 4) is 5.75 Å². The highest BCUT2D eigenvalue weighted by molar-refractivity contribution is 5.47. The molecule has 0 spiro atoms. The van der Waals surface area contributed by atoms with Gasteiger partial charge in [0, 0.05) is 11.1 Å². The van der Waals surface area contributed by atoms with Crippen LogP contribution in [0.2, 0.25) is 0 Å². The van der Waals surface area contributed by atoms with Gasteiger partial charge in [-0.2, -0.15) is 0 Å². The van der Waals surface area contributed by atoms with Gasteiger partial charge >= 0.3 is 0 Å². The van der Waals surface area contributed by atoms with E-state index in [1.165, 1.54) is 6.07 Å². The summed E-state index contributed by atoms with van der Waals surface area (Å²) in [6.45, 7) is 0.647. The first kappa shape index (κ1) is 12.2. The van der Waals surface area contributed by atoms with Gasteiger partial charge in [-0.25, -0.2) is 4.39 Å². The molecule has 1 aliphatic rings. The van der Waals surface area contributed by atoms with Crippen LogP contribution in [-0.2, 0) is 6.42 Å². The van der Waals surface area contributed by atoms with Crippen molar-refractivity contribution in [2.24, 2.45) is 0 Å². The first-order chi connectivity index (χ1) is 9.27. The van der Waals surface area contributed by atoms with E-state index in [2.05, 4.69) is 0 Å². The fourth-order valence-electron chi connectivity index (χ4n) is 2.49. The van der Waals surface area contributed by atoms with Crippen molar-refractivity contribution < 1.29 is 14.2 Å². The minimum Gasteiger partial charge on any atom is -0.493 e. The van der Waals surface area contributed by atoms with Gasteiger partial charge in [0.25, 0.3) is 0 Å². The summed E-state index contributed by atoms with van der Waals surface area (Å²) >= 11 is 0. The van der Waals surface area contributed by atoms with Crippen LogP contribution in [0.25, 0.3) is 0 Å². The van der Waals surface area contributed by atoms with Gasteiger partial charge in [-0.3, -0.25) is 0 Å². The maximum Gasteiger partial charge on any atom is 0.129 e. The number of aliphatic hydroxyl groups is 1. The number of aliphatic hydroxyl groups excluding tert-OH is 1. The molecule has 1 N–H and O–H groups in total. The highest BCUT2D eigenvalue weighted by atomic mass is 19.1. The minimum atomic E-state index is -0.991. The van der Waals surface area contributed by atoms with Gasteiger partial charge in [-0.15, -0.1) is 0 Å². The number of rotatable bonds is 2. The second-order valence-electron chi connectivity index (χ2n) is 4.71. The summed E-state index contributed by atoms with van der Waals surface area (Å²) in [5, 5.41) is 10.4. The zero-order valence-corrected chi connectivity index (χ0v) is 10.5. The quantitative estimate of drug-likeness (QED) is 0.896. The topological polar surface area (TPSA) is 29.5 Å². The molecule has 2 aromatic carbocycles. The fourth-order valence-corrected chi connectivity index (χ4v) is 2.49. The Labute approximate surface area is 111 Å². The second kappa shape index (κ2) is 5.02. The minimum absolute atomic E-state index is 0.282. The van der Waals surface area contributed by atoms with Crippen LogP contribution in [0.4, 0.5) is 4.39 Å². The second-order valence-corrected chi connectivity index (χ2v) is 4.71. The lowest BCUT2D eigenvalue weighted by molar-refractivity contribution is 0.202. The van der Waals surface area contributed by atoms with Gasteiger partial charge in [0.05, 0.1) is 6.61 Å². The predicted molar refractivity (Wildman–Crippen MR) is 70.7 cm³/mol. The molecule has 1 aliphatic heterocycles. The molecule has 0 aromatic heterocycles. The predicted octanol–water partition coefficient (Wildman–Crippen LogP) is 3.23. The molecule has 98 valence electrons. The molecule has 3 rings (SSSR count). The number of halogens is 1. The van der Waals surface area contributed by atoms with Gasteiger partial charge in [-0.05, 0) is 24.5 Å². The van der Waals surface area contributed by atoms with Crippen molar-refractivity contribution in [1.82, 2.24) is 0 Å². The third-order valence-electron chi connectivity index (χ3n) is 3.46. The van der Waals surface area contributed by atoms with Crippen LogP contribution >= 0.6 is 0 Å². The van der Waals surface area contributed by atoms with E-state index in [1.54, 1.807) is 24.3 Å². The van der Waals surface area contributed by atoms with Gasteiger partial charge in [0.15, 0.2) is 0 Å². The number of hydrogen-bond donors (Lipinski definition) is 1. The standard InChI is InChI=1S/C16H15FO2/c17-14-9-2-1-7-12(14)15(18)13-8-3-5-11-6-4-10-19-16(11)13/h1-3,5,7-9,15,18H,4,6,10H2. The van der Waals surface area contributed by atoms with E-state index < -0.39 is 11.9 Å². The summed E-state index contributed by atoms with van der Waals surface area (Å²) < 4.78 is 19.4. The van der Waals surface area contributed by atoms with E-state index in [1.807, 2.05) is 12.1 Å². The largest absolute Gasteiger partial charge is 0.493 e. The Morgan fingerprint density at radius 3 is 2.68 bits per heavy atom. The fraction of sp³-hybridized carbons (Fsp3) is 0.250. The molecule has 0 aliphatic carbocycles. The molecule has 1 atom stereocenters. The Bertz CT molecular complexity index is 595. The van der Waals surface area contributed by atoms with Crippen LogP contribution in [0, 0.1) is 5.82 Å². The lowest BCUT2D eigenvalue weighted by Gasteiger charge is -2.23. The summed E-state index contributed by atoms with van der Waals surface area (Å²) in [4.78, 5) is 0. The highest BCUT2D eigenvalue weighted by Crippen LogP contribution is 2.36. The number of fused-ring (bicyclic) bond motifs is 1. The van der Waals surface area contributed by atoms with E-state index in [0.29, 0.717) is 17.9 Å². The maximum absolute atomic E-state index is 13.8. The van der Waals surface area contributed by atoms with Crippen molar-refractivity contribution in [3.63, 3.8) is 0 Å². The number of hydrogen-bond acceptors (Lipinski definition) is 2. The Balaban J connectivity index is 2.05. The van der Waals surface area contributed by atoms with E-state index >= 15 is 0 Å². The van der Waals surface area contributed by atoms with Crippen molar-refractivity contribution in [2.45, 2.75) is 18.9 Å². The molecule has 1 unspecified atom stereocenters. The van der Waals surface area contributed by atoms with Crippen LogP contribution in [0.5, 0.6) is 5.75 Å². The van der Waals surface area contributed by atoms with Crippen LogP contribution in [0.1, 0.15) is 29.2 Å². The Morgan fingerprint density at radius 1 is 1.05 bits per heavy atom. The molecular weight excluding hydrogens is 243 g/mol. The lowest BCUT2D eigenvalue weighted by Crippen LogP contribution is -2.13. The molecule has 0 radical (unpaired) electrons. The summed E-state index contributed by atoms with van der Waals surface area (Å²) in [6.07, 6.45) is 0.925. The molecule has 19 heavy (non-hydrogen) atoms. The summed E-state index contributed by atoms with van der Waals surface area (Å²) in [5.74, 6) is 0.313. The van der Waals surface area contributed by atoms with Gasteiger partial charge in [0.1, 0.15) is 17.7 Å². The summed E-state index contributed by atoms with van der Waals surface area (Å²) in [5.41, 5.74) is 2.01. The van der Waals surface area contributed by atoms with Crippen molar-refractivity contribution >= 4 is 0 Å². The third-order valence-corrected chi connectivity index (χ3v) is 3.46. The molecule has 0 saturated carbocycles. The Kier molecular flexibility index (Phi) is 3.22. The maximum atomic E-state index is 13.8. The molecule has 2 aromatic rings. The average Bonchev–Trinajstić information content (AvgIpc) is 2.46. The first-order valence-corrected chi connectivity index (χ1v) is 6.44. The summed E-state index contributed by atoms with van der Waals surface area (Å²) in [6, 6.07) is 12.0. The molecule has 0 amide bonds. The van der Waals surface area contributed by atoms with E-state index in [9.17, 15) is 9.50 Å². The number of benzene rings is 2. The van der Waals surface area contributed by atoms with Crippen LogP contribution in [0.15, 0.2) is 42.5 Å². The zero-order chi connectivity index (χ0) is 13.2. The van der Waals surface area contributed by atoms with Crippen LogP contribution in [0.3, 0.4) is 0 Å². The molecule has 0 bridgehead atoms.